The molecule has 0 fully saturated rings. The zero-order valence-electron chi connectivity index (χ0n) is 6.68. The molecule has 0 aliphatic rings. The van der Waals surface area contributed by atoms with E-state index >= 15 is 0 Å². The summed E-state index contributed by atoms with van der Waals surface area (Å²) in [6.07, 6.45) is -1.36. The van der Waals surface area contributed by atoms with Crippen LogP contribution in [0.25, 0.3) is 0 Å². The molecule has 0 aliphatic heterocycles. The Hall–Kier alpha value is -1.46. The lowest BCUT2D eigenvalue weighted by molar-refractivity contribution is 0.0911. The third-order valence-electron chi connectivity index (χ3n) is 1.63. The van der Waals surface area contributed by atoms with E-state index in [1.165, 1.54) is 0 Å². The van der Waals surface area contributed by atoms with E-state index in [0.29, 0.717) is 0 Å². The molecule has 0 radical (unpaired) electrons. The lowest BCUT2D eigenvalue weighted by Gasteiger charge is -2.11. The molecule has 0 saturated carbocycles. The summed E-state index contributed by atoms with van der Waals surface area (Å²) in [6, 6.07) is 1.93. The summed E-state index contributed by atoms with van der Waals surface area (Å²) in [5, 5.41) is 45.0. The number of rotatable bonds is 2. The summed E-state index contributed by atoms with van der Waals surface area (Å²) >= 11 is 0. The molecule has 1 aromatic carbocycles. The standard InChI is InChI=1S/C8H10O5/c9-3-7(13)8-5(11)1-4(10)2-6(8)12/h1-2,7,9-13H,3H2. The molecular formula is C8H10O5. The Bertz CT molecular complexity index is 286. The van der Waals surface area contributed by atoms with Gasteiger partial charge >= 0.3 is 0 Å². The molecule has 5 heteroatoms. The molecule has 0 aliphatic carbocycles. The number of benzene rings is 1. The van der Waals surface area contributed by atoms with E-state index in [2.05, 4.69) is 0 Å². The van der Waals surface area contributed by atoms with Crippen molar-refractivity contribution in [2.24, 2.45) is 0 Å². The molecule has 13 heavy (non-hydrogen) atoms. The molecule has 1 aromatic rings. The fourth-order valence-electron chi connectivity index (χ4n) is 1.04. The molecular weight excluding hydrogens is 176 g/mol. The van der Waals surface area contributed by atoms with Crippen molar-refractivity contribution in [3.63, 3.8) is 0 Å². The summed E-state index contributed by atoms with van der Waals surface area (Å²) in [6.45, 7) is -0.619. The minimum absolute atomic E-state index is 0.194. The van der Waals surface area contributed by atoms with Crippen molar-refractivity contribution in [2.45, 2.75) is 6.10 Å². The van der Waals surface area contributed by atoms with Gasteiger partial charge in [-0.05, 0) is 0 Å². The van der Waals surface area contributed by atoms with Crippen molar-refractivity contribution < 1.29 is 25.5 Å². The number of phenols is 3. The third kappa shape index (κ3) is 1.82. The predicted molar refractivity (Wildman–Crippen MR) is 43.5 cm³/mol. The second-order valence-electron chi connectivity index (χ2n) is 2.60. The van der Waals surface area contributed by atoms with E-state index in [0.717, 1.165) is 12.1 Å². The van der Waals surface area contributed by atoms with E-state index in [-0.39, 0.29) is 11.3 Å². The smallest absolute Gasteiger partial charge is 0.128 e. The molecule has 1 unspecified atom stereocenters. The van der Waals surface area contributed by atoms with Crippen LogP contribution in [0.4, 0.5) is 0 Å². The Labute approximate surface area is 74.1 Å². The first-order valence-electron chi connectivity index (χ1n) is 3.60. The molecule has 0 spiro atoms. The summed E-state index contributed by atoms with van der Waals surface area (Å²) in [5.41, 5.74) is -0.194. The van der Waals surface area contributed by atoms with Crippen molar-refractivity contribution in [2.75, 3.05) is 6.61 Å². The normalized spacial score (nSPS) is 12.8. The van der Waals surface area contributed by atoms with Crippen LogP contribution in [-0.2, 0) is 0 Å². The zero-order valence-corrected chi connectivity index (χ0v) is 6.68. The number of aliphatic hydroxyl groups is 2. The van der Waals surface area contributed by atoms with Crippen LogP contribution in [-0.4, -0.2) is 32.1 Å². The quantitative estimate of drug-likeness (QED) is 0.441. The van der Waals surface area contributed by atoms with Crippen molar-refractivity contribution in [3.05, 3.63) is 17.7 Å². The van der Waals surface area contributed by atoms with Crippen LogP contribution in [0.15, 0.2) is 12.1 Å². The van der Waals surface area contributed by atoms with Gasteiger partial charge in [0.1, 0.15) is 23.4 Å². The van der Waals surface area contributed by atoms with Crippen molar-refractivity contribution in [1.82, 2.24) is 0 Å². The number of hydrogen-bond acceptors (Lipinski definition) is 5. The first kappa shape index (κ1) is 9.63. The lowest BCUT2D eigenvalue weighted by Crippen LogP contribution is -2.02. The molecule has 0 saturated heterocycles. The van der Waals surface area contributed by atoms with Gasteiger partial charge in [-0.15, -0.1) is 0 Å². The fraction of sp³-hybridized carbons (Fsp3) is 0.250. The molecule has 0 bridgehead atoms. The van der Waals surface area contributed by atoms with Gasteiger partial charge in [0.2, 0.25) is 0 Å². The van der Waals surface area contributed by atoms with Gasteiger partial charge in [-0.25, -0.2) is 0 Å². The minimum Gasteiger partial charge on any atom is -0.508 e. The monoisotopic (exact) mass is 186 g/mol. The van der Waals surface area contributed by atoms with Crippen molar-refractivity contribution in [1.29, 1.82) is 0 Å². The highest BCUT2D eigenvalue weighted by atomic mass is 16.3. The molecule has 5 nitrogen and oxygen atoms in total. The maximum Gasteiger partial charge on any atom is 0.128 e. The largest absolute Gasteiger partial charge is 0.508 e. The van der Waals surface area contributed by atoms with E-state index < -0.39 is 24.2 Å². The minimum atomic E-state index is -1.36. The van der Waals surface area contributed by atoms with Crippen molar-refractivity contribution in [3.8, 4) is 17.2 Å². The fourth-order valence-corrected chi connectivity index (χ4v) is 1.04. The average molecular weight is 186 g/mol. The summed E-state index contributed by atoms with van der Waals surface area (Å²) in [5.74, 6) is -1.23. The van der Waals surface area contributed by atoms with Crippen LogP contribution < -0.4 is 0 Å². The Morgan fingerprint density at radius 2 is 1.54 bits per heavy atom. The second-order valence-corrected chi connectivity index (χ2v) is 2.60. The Kier molecular flexibility index (Phi) is 2.60. The highest BCUT2D eigenvalue weighted by molar-refractivity contribution is 5.49. The average Bonchev–Trinajstić information content (AvgIpc) is 2.02. The second kappa shape index (κ2) is 3.51. The van der Waals surface area contributed by atoms with Crippen LogP contribution in [0.5, 0.6) is 17.2 Å². The van der Waals surface area contributed by atoms with Crippen LogP contribution in [0.1, 0.15) is 11.7 Å². The number of aliphatic hydroxyl groups excluding tert-OH is 2. The van der Waals surface area contributed by atoms with Crippen LogP contribution >= 0.6 is 0 Å². The molecule has 1 rings (SSSR count). The first-order chi connectivity index (χ1) is 6.06. The molecule has 5 N–H and O–H groups in total. The van der Waals surface area contributed by atoms with Crippen LogP contribution in [0.3, 0.4) is 0 Å². The Morgan fingerprint density at radius 3 is 1.92 bits per heavy atom. The molecule has 0 amide bonds. The van der Waals surface area contributed by atoms with E-state index in [1.807, 2.05) is 0 Å². The zero-order chi connectivity index (χ0) is 10.0. The summed E-state index contributed by atoms with van der Waals surface area (Å²) < 4.78 is 0. The van der Waals surface area contributed by atoms with Gasteiger partial charge in [-0.2, -0.15) is 0 Å². The maximum atomic E-state index is 9.18. The summed E-state index contributed by atoms with van der Waals surface area (Å²) in [7, 11) is 0. The van der Waals surface area contributed by atoms with Gasteiger partial charge in [0.15, 0.2) is 0 Å². The van der Waals surface area contributed by atoms with E-state index in [4.69, 9.17) is 15.3 Å². The number of aromatic hydroxyl groups is 3. The molecule has 1 atom stereocenters. The van der Waals surface area contributed by atoms with Gasteiger partial charge < -0.3 is 25.5 Å². The first-order valence-corrected chi connectivity index (χ1v) is 3.60. The van der Waals surface area contributed by atoms with E-state index in [9.17, 15) is 10.2 Å². The van der Waals surface area contributed by atoms with Crippen LogP contribution in [0.2, 0.25) is 0 Å². The van der Waals surface area contributed by atoms with Crippen molar-refractivity contribution >= 4 is 0 Å². The summed E-state index contributed by atoms with van der Waals surface area (Å²) in [4.78, 5) is 0. The predicted octanol–water partition coefficient (Wildman–Crippen LogP) is -0.171. The third-order valence-corrected chi connectivity index (χ3v) is 1.63. The Balaban J connectivity index is 3.20. The van der Waals surface area contributed by atoms with Gasteiger partial charge in [-0.3, -0.25) is 0 Å². The molecule has 72 valence electrons. The molecule has 0 aromatic heterocycles. The topological polar surface area (TPSA) is 101 Å². The van der Waals surface area contributed by atoms with Gasteiger partial charge in [0.25, 0.3) is 0 Å². The van der Waals surface area contributed by atoms with Crippen LogP contribution in [0, 0.1) is 0 Å². The van der Waals surface area contributed by atoms with E-state index in [1.54, 1.807) is 0 Å². The number of hydrogen-bond donors (Lipinski definition) is 5. The van der Waals surface area contributed by atoms with Gasteiger partial charge in [-0.1, -0.05) is 0 Å². The SMILES string of the molecule is OCC(O)c1c(O)cc(O)cc1O. The highest BCUT2D eigenvalue weighted by Gasteiger charge is 2.17. The Morgan fingerprint density at radius 1 is 1.08 bits per heavy atom. The number of phenolic OH excluding ortho intramolecular Hbond substituents is 3. The highest BCUT2D eigenvalue weighted by Crippen LogP contribution is 2.35. The molecule has 0 heterocycles. The van der Waals surface area contributed by atoms with Gasteiger partial charge in [0.05, 0.1) is 12.2 Å². The van der Waals surface area contributed by atoms with Gasteiger partial charge in [0, 0.05) is 12.1 Å². The maximum absolute atomic E-state index is 9.18. The lowest BCUT2D eigenvalue weighted by atomic mass is 10.1.